The quantitative estimate of drug-likeness (QED) is 0.315. The zero-order valence-corrected chi connectivity index (χ0v) is 15.2. The normalized spacial score (nSPS) is 19.9. The van der Waals surface area contributed by atoms with Crippen molar-refractivity contribution in [2.45, 2.75) is 45.6 Å². The second kappa shape index (κ2) is 12.3. The SMILES string of the molecule is C#CCNC(=NCCN1CCCCC1CC)NCC.I. The largest absolute Gasteiger partial charge is 0.357 e. The molecule has 0 aromatic rings. The minimum atomic E-state index is 0. The van der Waals surface area contributed by atoms with E-state index in [2.05, 4.69) is 40.3 Å². The number of halogens is 1. The van der Waals surface area contributed by atoms with E-state index in [9.17, 15) is 0 Å². The molecule has 1 unspecified atom stereocenters. The number of likely N-dealkylation sites (tertiary alicyclic amines) is 1. The van der Waals surface area contributed by atoms with E-state index >= 15 is 0 Å². The van der Waals surface area contributed by atoms with Crippen molar-refractivity contribution in [1.29, 1.82) is 0 Å². The molecule has 1 aliphatic heterocycles. The van der Waals surface area contributed by atoms with Crippen LogP contribution < -0.4 is 10.6 Å². The first kappa shape index (κ1) is 19.5. The highest BCUT2D eigenvalue weighted by molar-refractivity contribution is 14.0. The van der Waals surface area contributed by atoms with Crippen molar-refractivity contribution in [2.75, 3.05) is 32.7 Å². The number of rotatable bonds is 6. The maximum Gasteiger partial charge on any atom is 0.192 e. The van der Waals surface area contributed by atoms with Crippen LogP contribution >= 0.6 is 24.0 Å². The number of terminal acetylenes is 1. The van der Waals surface area contributed by atoms with Crippen molar-refractivity contribution < 1.29 is 0 Å². The van der Waals surface area contributed by atoms with E-state index in [1.807, 2.05) is 0 Å². The first-order valence-corrected chi connectivity index (χ1v) is 7.51. The smallest absolute Gasteiger partial charge is 0.192 e. The minimum absolute atomic E-state index is 0. The van der Waals surface area contributed by atoms with Crippen LogP contribution in [0.4, 0.5) is 0 Å². The molecule has 1 atom stereocenters. The molecule has 0 saturated carbocycles. The lowest BCUT2D eigenvalue weighted by Crippen LogP contribution is -2.41. The molecule has 0 aromatic carbocycles. The summed E-state index contributed by atoms with van der Waals surface area (Å²) in [6, 6.07) is 0.755. The van der Waals surface area contributed by atoms with Crippen LogP contribution in [0.25, 0.3) is 0 Å². The molecule has 1 fully saturated rings. The number of piperidine rings is 1. The Balaban J connectivity index is 0.00000361. The van der Waals surface area contributed by atoms with Crippen LogP contribution in [0.3, 0.4) is 0 Å². The van der Waals surface area contributed by atoms with Gasteiger partial charge in [0.1, 0.15) is 0 Å². The average molecular weight is 392 g/mol. The highest BCUT2D eigenvalue weighted by Gasteiger charge is 2.19. The van der Waals surface area contributed by atoms with Gasteiger partial charge in [0.15, 0.2) is 5.96 Å². The summed E-state index contributed by atoms with van der Waals surface area (Å²) in [7, 11) is 0. The predicted molar refractivity (Wildman–Crippen MR) is 97.7 cm³/mol. The Hall–Kier alpha value is -0.480. The molecular formula is C15H29IN4. The minimum Gasteiger partial charge on any atom is -0.357 e. The molecule has 20 heavy (non-hydrogen) atoms. The van der Waals surface area contributed by atoms with Gasteiger partial charge in [0.05, 0.1) is 13.1 Å². The summed E-state index contributed by atoms with van der Waals surface area (Å²) in [6.07, 6.45) is 10.6. The van der Waals surface area contributed by atoms with Crippen molar-refractivity contribution in [3.8, 4) is 12.3 Å². The molecular weight excluding hydrogens is 363 g/mol. The summed E-state index contributed by atoms with van der Waals surface area (Å²) in [5.41, 5.74) is 0. The lowest BCUT2D eigenvalue weighted by molar-refractivity contribution is 0.149. The molecule has 0 aromatic heterocycles. The lowest BCUT2D eigenvalue weighted by Gasteiger charge is -2.34. The molecule has 1 aliphatic rings. The van der Waals surface area contributed by atoms with E-state index in [-0.39, 0.29) is 24.0 Å². The van der Waals surface area contributed by atoms with Crippen molar-refractivity contribution in [2.24, 2.45) is 4.99 Å². The first-order valence-electron chi connectivity index (χ1n) is 7.51. The molecule has 0 aliphatic carbocycles. The van der Waals surface area contributed by atoms with Gasteiger partial charge in [-0.15, -0.1) is 30.4 Å². The molecule has 0 spiro atoms. The van der Waals surface area contributed by atoms with Gasteiger partial charge in [0.2, 0.25) is 0 Å². The molecule has 1 saturated heterocycles. The molecule has 0 bridgehead atoms. The number of nitrogens with one attached hydrogen (secondary N) is 2. The zero-order valence-electron chi connectivity index (χ0n) is 12.8. The van der Waals surface area contributed by atoms with Crippen molar-refractivity contribution in [3.05, 3.63) is 0 Å². The second-order valence-corrected chi connectivity index (χ2v) is 4.91. The maximum atomic E-state index is 5.25. The van der Waals surface area contributed by atoms with E-state index in [1.165, 1.54) is 32.2 Å². The van der Waals surface area contributed by atoms with Crippen LogP contribution in [0.15, 0.2) is 4.99 Å². The zero-order chi connectivity index (χ0) is 13.9. The van der Waals surface area contributed by atoms with E-state index in [0.717, 1.165) is 31.6 Å². The van der Waals surface area contributed by atoms with Gasteiger partial charge in [0, 0.05) is 19.1 Å². The van der Waals surface area contributed by atoms with E-state index in [1.54, 1.807) is 0 Å². The molecule has 4 nitrogen and oxygen atoms in total. The Morgan fingerprint density at radius 3 is 2.80 bits per heavy atom. The van der Waals surface area contributed by atoms with E-state index < -0.39 is 0 Å². The number of hydrogen-bond donors (Lipinski definition) is 2. The second-order valence-electron chi connectivity index (χ2n) is 4.91. The highest BCUT2D eigenvalue weighted by atomic mass is 127. The molecule has 5 heteroatoms. The van der Waals surface area contributed by atoms with Crippen molar-refractivity contribution in [1.82, 2.24) is 15.5 Å². The van der Waals surface area contributed by atoms with Gasteiger partial charge in [-0.25, -0.2) is 0 Å². The number of guanidine groups is 1. The Kier molecular flexibility index (Phi) is 12.0. The van der Waals surface area contributed by atoms with Crippen molar-refractivity contribution >= 4 is 29.9 Å². The van der Waals surface area contributed by atoms with Gasteiger partial charge in [-0.1, -0.05) is 19.3 Å². The summed E-state index contributed by atoms with van der Waals surface area (Å²) in [5.74, 6) is 3.39. The fraction of sp³-hybridized carbons (Fsp3) is 0.800. The maximum absolute atomic E-state index is 5.25. The molecule has 0 amide bonds. The summed E-state index contributed by atoms with van der Waals surface area (Å²) in [4.78, 5) is 7.15. The van der Waals surface area contributed by atoms with Crippen LogP contribution in [0.1, 0.15) is 39.5 Å². The first-order chi connectivity index (χ1) is 9.31. The number of hydrogen-bond acceptors (Lipinski definition) is 2. The third-order valence-electron chi connectivity index (χ3n) is 3.58. The van der Waals surface area contributed by atoms with Gasteiger partial charge in [-0.3, -0.25) is 9.89 Å². The summed E-state index contributed by atoms with van der Waals surface area (Å²) in [5, 5.41) is 6.32. The fourth-order valence-electron chi connectivity index (χ4n) is 2.58. The molecule has 1 heterocycles. The lowest BCUT2D eigenvalue weighted by atomic mass is 10.0. The van der Waals surface area contributed by atoms with Crippen LogP contribution in [0.2, 0.25) is 0 Å². The van der Waals surface area contributed by atoms with Gasteiger partial charge >= 0.3 is 0 Å². The molecule has 116 valence electrons. The number of nitrogens with zero attached hydrogens (tertiary/aromatic N) is 2. The summed E-state index contributed by atoms with van der Waals surface area (Å²) < 4.78 is 0. The highest BCUT2D eigenvalue weighted by Crippen LogP contribution is 2.18. The topological polar surface area (TPSA) is 39.7 Å². The Labute approximate surface area is 141 Å². The Morgan fingerprint density at radius 2 is 2.15 bits per heavy atom. The van der Waals surface area contributed by atoms with Gasteiger partial charge in [0.25, 0.3) is 0 Å². The van der Waals surface area contributed by atoms with Crippen molar-refractivity contribution in [3.63, 3.8) is 0 Å². The van der Waals surface area contributed by atoms with Crippen LogP contribution in [-0.2, 0) is 0 Å². The summed E-state index contributed by atoms with van der Waals surface area (Å²) >= 11 is 0. The van der Waals surface area contributed by atoms with Gasteiger partial charge in [-0.2, -0.15) is 0 Å². The molecule has 2 N–H and O–H groups in total. The average Bonchev–Trinajstić information content (AvgIpc) is 2.45. The van der Waals surface area contributed by atoms with E-state index in [0.29, 0.717) is 6.54 Å². The standard InChI is InChI=1S/C15H28N4.HI/c1-4-10-17-15(16-6-3)18-11-13-19-12-8-7-9-14(19)5-2;/h1,14H,5-13H2,2-3H3,(H2,16,17,18);1H. The predicted octanol–water partition coefficient (Wildman–Crippen LogP) is 2.06. The van der Waals surface area contributed by atoms with Crippen LogP contribution in [0, 0.1) is 12.3 Å². The molecule has 1 rings (SSSR count). The molecule has 0 radical (unpaired) electrons. The van der Waals surface area contributed by atoms with Gasteiger partial charge in [-0.05, 0) is 32.7 Å². The third-order valence-corrected chi connectivity index (χ3v) is 3.58. The monoisotopic (exact) mass is 392 g/mol. The van der Waals surface area contributed by atoms with E-state index in [4.69, 9.17) is 6.42 Å². The van der Waals surface area contributed by atoms with Crippen LogP contribution in [0.5, 0.6) is 0 Å². The van der Waals surface area contributed by atoms with Crippen LogP contribution in [-0.4, -0.2) is 49.6 Å². The Bertz CT molecular complexity index is 311. The summed E-state index contributed by atoms with van der Waals surface area (Å²) in [6.45, 7) is 8.82. The fourth-order valence-corrected chi connectivity index (χ4v) is 2.58. The number of aliphatic imine (C=N–C) groups is 1. The Morgan fingerprint density at radius 1 is 1.35 bits per heavy atom. The van der Waals surface area contributed by atoms with Gasteiger partial charge < -0.3 is 10.6 Å². The third kappa shape index (κ3) is 7.34.